The van der Waals surface area contributed by atoms with E-state index >= 15 is 0 Å². The molecule has 4 heteroatoms. The zero-order chi connectivity index (χ0) is 13.7. The third kappa shape index (κ3) is 3.78. The van der Waals surface area contributed by atoms with Crippen molar-refractivity contribution in [2.75, 3.05) is 7.11 Å². The van der Waals surface area contributed by atoms with Gasteiger partial charge in [-0.05, 0) is 29.0 Å². The Morgan fingerprint density at radius 2 is 2.21 bits per heavy atom. The van der Waals surface area contributed by atoms with Gasteiger partial charge in [-0.15, -0.1) is 11.3 Å². The Bertz CT molecular complexity index is 497. The summed E-state index contributed by atoms with van der Waals surface area (Å²) in [6.07, 6.45) is 1.78. The molecule has 2 aromatic rings. The van der Waals surface area contributed by atoms with Gasteiger partial charge in [0.2, 0.25) is 5.88 Å². The second-order valence-electron chi connectivity index (χ2n) is 4.82. The smallest absolute Gasteiger partial charge is 0.213 e. The Kier molecular flexibility index (Phi) is 4.93. The highest BCUT2D eigenvalue weighted by Crippen LogP contribution is 2.26. The van der Waals surface area contributed by atoms with E-state index in [9.17, 15) is 0 Å². The standard InChI is InChI=1S/C15H20N2OS/c1-11(2)15(13-5-4-8-19-13)17-10-12-6-7-16-14(9-12)18-3/h4-9,11,15,17H,10H2,1-3H3. The van der Waals surface area contributed by atoms with Crippen LogP contribution in [-0.4, -0.2) is 12.1 Å². The number of rotatable bonds is 6. The Morgan fingerprint density at radius 3 is 2.84 bits per heavy atom. The molecule has 2 rings (SSSR count). The molecule has 1 N–H and O–H groups in total. The average Bonchev–Trinajstić information content (AvgIpc) is 2.93. The first kappa shape index (κ1) is 14.0. The highest BCUT2D eigenvalue weighted by Gasteiger charge is 2.16. The number of nitrogens with zero attached hydrogens (tertiary/aromatic N) is 1. The molecule has 0 radical (unpaired) electrons. The van der Waals surface area contributed by atoms with E-state index in [1.54, 1.807) is 24.6 Å². The number of nitrogens with one attached hydrogen (secondary N) is 1. The first-order chi connectivity index (χ1) is 9.20. The van der Waals surface area contributed by atoms with Gasteiger partial charge < -0.3 is 10.1 Å². The molecule has 0 amide bonds. The normalized spacial score (nSPS) is 12.6. The number of thiophene rings is 1. The van der Waals surface area contributed by atoms with Gasteiger partial charge in [0, 0.05) is 29.7 Å². The largest absolute Gasteiger partial charge is 0.481 e. The fourth-order valence-corrected chi connectivity index (χ4v) is 3.01. The zero-order valence-electron chi connectivity index (χ0n) is 11.6. The SMILES string of the molecule is COc1cc(CNC(c2cccs2)C(C)C)ccn1. The number of aromatic nitrogens is 1. The van der Waals surface area contributed by atoms with Crippen molar-refractivity contribution in [2.24, 2.45) is 5.92 Å². The first-order valence-corrected chi connectivity index (χ1v) is 7.34. The van der Waals surface area contributed by atoms with Gasteiger partial charge in [0.15, 0.2) is 0 Å². The molecule has 0 aromatic carbocycles. The average molecular weight is 276 g/mol. The molecular weight excluding hydrogens is 256 g/mol. The molecule has 19 heavy (non-hydrogen) atoms. The minimum atomic E-state index is 0.388. The fourth-order valence-electron chi connectivity index (χ4n) is 2.03. The molecule has 0 fully saturated rings. The van der Waals surface area contributed by atoms with Gasteiger partial charge >= 0.3 is 0 Å². The van der Waals surface area contributed by atoms with Crippen LogP contribution in [0.15, 0.2) is 35.8 Å². The summed E-state index contributed by atoms with van der Waals surface area (Å²) in [6, 6.07) is 8.67. The Morgan fingerprint density at radius 1 is 1.37 bits per heavy atom. The highest BCUT2D eigenvalue weighted by molar-refractivity contribution is 7.10. The summed E-state index contributed by atoms with van der Waals surface area (Å²) in [7, 11) is 1.64. The van der Waals surface area contributed by atoms with E-state index < -0.39 is 0 Å². The van der Waals surface area contributed by atoms with Gasteiger partial charge in [0.25, 0.3) is 0 Å². The van der Waals surface area contributed by atoms with Crippen LogP contribution in [0, 0.1) is 5.92 Å². The van der Waals surface area contributed by atoms with Crippen LogP contribution in [0.3, 0.4) is 0 Å². The number of hydrogen-bond donors (Lipinski definition) is 1. The van der Waals surface area contributed by atoms with Crippen LogP contribution >= 0.6 is 11.3 Å². The quantitative estimate of drug-likeness (QED) is 0.874. The second-order valence-corrected chi connectivity index (χ2v) is 5.80. The molecular formula is C15H20N2OS. The van der Waals surface area contributed by atoms with E-state index in [1.165, 1.54) is 10.4 Å². The maximum Gasteiger partial charge on any atom is 0.213 e. The number of pyridine rings is 1. The molecule has 3 nitrogen and oxygen atoms in total. The first-order valence-electron chi connectivity index (χ1n) is 6.46. The molecule has 0 aliphatic heterocycles. The Hall–Kier alpha value is -1.39. The van der Waals surface area contributed by atoms with Gasteiger partial charge in [-0.3, -0.25) is 0 Å². The summed E-state index contributed by atoms with van der Waals surface area (Å²) < 4.78 is 5.14. The van der Waals surface area contributed by atoms with E-state index in [2.05, 4.69) is 41.7 Å². The van der Waals surface area contributed by atoms with Crippen LogP contribution in [0.5, 0.6) is 5.88 Å². The zero-order valence-corrected chi connectivity index (χ0v) is 12.4. The Balaban J connectivity index is 2.02. The van der Waals surface area contributed by atoms with Crippen molar-refractivity contribution >= 4 is 11.3 Å². The summed E-state index contributed by atoms with van der Waals surface area (Å²) in [5.74, 6) is 1.22. The van der Waals surface area contributed by atoms with E-state index in [0.29, 0.717) is 17.8 Å². The lowest BCUT2D eigenvalue weighted by Gasteiger charge is -2.21. The lowest BCUT2D eigenvalue weighted by atomic mass is 10.0. The summed E-state index contributed by atoms with van der Waals surface area (Å²) in [6.45, 7) is 5.30. The molecule has 2 aromatic heterocycles. The van der Waals surface area contributed by atoms with Gasteiger partial charge in [0.05, 0.1) is 7.11 Å². The third-order valence-electron chi connectivity index (χ3n) is 3.05. The van der Waals surface area contributed by atoms with Crippen LogP contribution in [0.1, 0.15) is 30.3 Å². The minimum absolute atomic E-state index is 0.388. The number of ether oxygens (including phenoxy) is 1. The summed E-state index contributed by atoms with van der Waals surface area (Å²) in [5, 5.41) is 5.74. The molecule has 102 valence electrons. The molecule has 0 saturated carbocycles. The van der Waals surface area contributed by atoms with Crippen molar-refractivity contribution in [3.63, 3.8) is 0 Å². The highest BCUT2D eigenvalue weighted by atomic mass is 32.1. The van der Waals surface area contributed by atoms with Crippen LogP contribution in [0.4, 0.5) is 0 Å². The van der Waals surface area contributed by atoms with Crippen LogP contribution in [-0.2, 0) is 6.54 Å². The van der Waals surface area contributed by atoms with E-state index in [-0.39, 0.29) is 0 Å². The van der Waals surface area contributed by atoms with Crippen molar-refractivity contribution < 1.29 is 4.74 Å². The van der Waals surface area contributed by atoms with Crippen LogP contribution in [0.25, 0.3) is 0 Å². The molecule has 0 aliphatic carbocycles. The molecule has 0 spiro atoms. The summed E-state index contributed by atoms with van der Waals surface area (Å²) in [5.41, 5.74) is 1.19. The van der Waals surface area contributed by atoms with Gasteiger partial charge in [-0.1, -0.05) is 19.9 Å². The fraction of sp³-hybridized carbons (Fsp3) is 0.400. The van der Waals surface area contributed by atoms with Crippen molar-refractivity contribution in [1.29, 1.82) is 0 Å². The summed E-state index contributed by atoms with van der Waals surface area (Å²) in [4.78, 5) is 5.51. The van der Waals surface area contributed by atoms with E-state index in [1.807, 2.05) is 12.1 Å². The van der Waals surface area contributed by atoms with Crippen LogP contribution in [0.2, 0.25) is 0 Å². The van der Waals surface area contributed by atoms with Crippen LogP contribution < -0.4 is 10.1 Å². The van der Waals surface area contributed by atoms with Crippen molar-refractivity contribution in [2.45, 2.75) is 26.4 Å². The maximum atomic E-state index is 5.14. The predicted molar refractivity (Wildman–Crippen MR) is 79.5 cm³/mol. The van der Waals surface area contributed by atoms with Crippen molar-refractivity contribution in [3.05, 3.63) is 46.3 Å². The molecule has 2 heterocycles. The molecule has 0 aliphatic rings. The third-order valence-corrected chi connectivity index (χ3v) is 4.01. The molecule has 0 bridgehead atoms. The number of hydrogen-bond acceptors (Lipinski definition) is 4. The van der Waals surface area contributed by atoms with Crippen molar-refractivity contribution in [3.8, 4) is 5.88 Å². The molecule has 1 unspecified atom stereocenters. The predicted octanol–water partition coefficient (Wildman–Crippen LogP) is 3.64. The summed E-state index contributed by atoms with van der Waals surface area (Å²) >= 11 is 1.80. The van der Waals surface area contributed by atoms with E-state index in [0.717, 1.165) is 6.54 Å². The minimum Gasteiger partial charge on any atom is -0.481 e. The maximum absolute atomic E-state index is 5.14. The monoisotopic (exact) mass is 276 g/mol. The number of methoxy groups -OCH3 is 1. The lowest BCUT2D eigenvalue weighted by molar-refractivity contribution is 0.394. The second kappa shape index (κ2) is 6.68. The van der Waals surface area contributed by atoms with E-state index in [4.69, 9.17) is 4.74 Å². The van der Waals surface area contributed by atoms with Gasteiger partial charge in [-0.25, -0.2) is 4.98 Å². The van der Waals surface area contributed by atoms with Crippen molar-refractivity contribution in [1.82, 2.24) is 10.3 Å². The van der Waals surface area contributed by atoms with Gasteiger partial charge in [-0.2, -0.15) is 0 Å². The lowest BCUT2D eigenvalue weighted by Crippen LogP contribution is -2.24. The topological polar surface area (TPSA) is 34.1 Å². The molecule has 0 saturated heterocycles. The molecule has 1 atom stereocenters. The van der Waals surface area contributed by atoms with Gasteiger partial charge in [0.1, 0.15) is 0 Å². The Labute approximate surface area is 118 Å².